The third kappa shape index (κ3) is 5.32. The van der Waals surface area contributed by atoms with Gasteiger partial charge in [-0.2, -0.15) is 5.26 Å². The number of nitriles is 1. The lowest BCUT2D eigenvalue weighted by Gasteiger charge is -2.03. The van der Waals surface area contributed by atoms with Gasteiger partial charge in [0.05, 0.1) is 12.2 Å². The van der Waals surface area contributed by atoms with E-state index in [4.69, 9.17) is 6.69 Å². The quantitative estimate of drug-likeness (QED) is 0.571. The Morgan fingerprint density at radius 2 is 2.67 bits per heavy atom. The lowest BCUT2D eigenvalue weighted by Crippen LogP contribution is -2.02. The van der Waals surface area contributed by atoms with Crippen LogP contribution in [0.4, 0.5) is 0 Å². The minimum atomic E-state index is 0.0216. The van der Waals surface area contributed by atoms with Crippen molar-refractivity contribution in [3.8, 4) is 6.07 Å². The van der Waals surface area contributed by atoms with E-state index in [-0.39, 0.29) is 6.10 Å². The first-order chi connectivity index (χ1) is 4.85. The van der Waals surface area contributed by atoms with E-state index in [1.165, 1.54) is 0 Å². The molecule has 0 fully saturated rings. The van der Waals surface area contributed by atoms with Gasteiger partial charge in [0.25, 0.3) is 0 Å². The Morgan fingerprint density at radius 3 is 3.11 bits per heavy atom. The Hall–Kier alpha value is -0.550. The van der Waals surface area contributed by atoms with Gasteiger partial charge in [-0.15, -0.1) is 0 Å². The molecule has 9 heavy (non-hydrogen) atoms. The second kappa shape index (κ2) is 5.58. The van der Waals surface area contributed by atoms with Gasteiger partial charge < -0.3 is 5.11 Å². The summed E-state index contributed by atoms with van der Waals surface area (Å²) in [6.45, 7) is 1.98. The molecule has 0 bridgehead atoms. The summed E-state index contributed by atoms with van der Waals surface area (Å²) in [6, 6.07) is 2.05. The zero-order valence-electron chi connectivity index (χ0n) is 6.76. The summed E-state index contributed by atoms with van der Waals surface area (Å²) < 4.78 is 6.61. The van der Waals surface area contributed by atoms with Crippen molar-refractivity contribution in [1.82, 2.24) is 0 Å². The molecule has 0 saturated carbocycles. The number of hydrogen-bond acceptors (Lipinski definition) is 2. The van der Waals surface area contributed by atoms with Gasteiger partial charge >= 0.3 is 0 Å². The second-order valence-corrected chi connectivity index (χ2v) is 2.08. The summed E-state index contributed by atoms with van der Waals surface area (Å²) in [7, 11) is 0. The molecular weight excluding hydrogens is 114 g/mol. The van der Waals surface area contributed by atoms with Crippen LogP contribution in [-0.2, 0) is 0 Å². The topological polar surface area (TPSA) is 44.0 Å². The van der Waals surface area contributed by atoms with Crippen LogP contribution in [0.15, 0.2) is 0 Å². The molecule has 0 heterocycles. The van der Waals surface area contributed by atoms with Crippen LogP contribution in [0.25, 0.3) is 0 Å². The number of unbranched alkanes of at least 4 members (excludes halogenated alkanes) is 1. The maximum absolute atomic E-state index is 8.19. The number of aliphatic hydroxyl groups is 1. The largest absolute Gasteiger partial charge is 0.393 e. The van der Waals surface area contributed by atoms with Gasteiger partial charge in [-0.05, 0) is 19.3 Å². The van der Waals surface area contributed by atoms with Crippen molar-refractivity contribution in [2.45, 2.75) is 38.7 Å². The first-order valence-electron chi connectivity index (χ1n) is 3.74. The molecule has 52 valence electrons. The minimum absolute atomic E-state index is 0.0216. The Morgan fingerprint density at radius 1 is 1.89 bits per heavy atom. The van der Waals surface area contributed by atoms with Crippen molar-refractivity contribution >= 4 is 0 Å². The van der Waals surface area contributed by atoms with Gasteiger partial charge in [0, 0.05) is 6.42 Å². The normalized spacial score (nSPS) is 14.0. The summed E-state index contributed by atoms with van der Waals surface area (Å²) in [4.78, 5) is 0. The molecular formula is C7H13NO. The molecule has 0 radical (unpaired) electrons. The number of aliphatic hydroxyl groups excluding tert-OH is 1. The summed E-state index contributed by atoms with van der Waals surface area (Å²) in [5, 5.41) is 12.6. The fourth-order valence-corrected chi connectivity index (χ4v) is 0.613. The molecule has 0 saturated heterocycles. The van der Waals surface area contributed by atoms with Crippen molar-refractivity contribution in [1.29, 1.82) is 6.69 Å². The van der Waals surface area contributed by atoms with Gasteiger partial charge in [-0.3, -0.25) is 0 Å². The lowest BCUT2D eigenvalue weighted by atomic mass is 10.1. The standard InChI is InChI=1S/C7H13NO/c1-2-7(9)5-3-4-6-8/h7,9H,2-5H2,1H3/t7-/m0/s1/i9T. The van der Waals surface area contributed by atoms with Crippen molar-refractivity contribution in [3.05, 3.63) is 0 Å². The summed E-state index contributed by atoms with van der Waals surface area (Å²) >= 11 is 0. The highest BCUT2D eigenvalue weighted by atomic mass is 16.3. The van der Waals surface area contributed by atoms with Crippen molar-refractivity contribution in [2.75, 3.05) is 0 Å². The molecule has 0 aromatic heterocycles. The average molecular weight is 129 g/mol. The van der Waals surface area contributed by atoms with Gasteiger partial charge in [0.15, 0.2) is 0 Å². The molecule has 0 rings (SSSR count). The van der Waals surface area contributed by atoms with E-state index < -0.39 is 0 Å². The Bertz CT molecular complexity index is 107. The maximum Gasteiger partial charge on any atom is 0.210 e. The van der Waals surface area contributed by atoms with Crippen LogP contribution >= 0.6 is 0 Å². The third-order valence-electron chi connectivity index (χ3n) is 1.27. The first kappa shape index (κ1) is 6.57. The molecule has 2 heteroatoms. The van der Waals surface area contributed by atoms with Crippen LogP contribution in [0.2, 0.25) is 0 Å². The van der Waals surface area contributed by atoms with Gasteiger partial charge in [-0.25, -0.2) is 0 Å². The highest BCUT2D eigenvalue weighted by Crippen LogP contribution is 2.02. The fraction of sp³-hybridized carbons (Fsp3) is 0.857. The first-order valence-corrected chi connectivity index (χ1v) is 3.34. The van der Waals surface area contributed by atoms with E-state index in [0.717, 1.165) is 19.3 Å². The highest BCUT2D eigenvalue weighted by molar-refractivity contribution is 4.69. The summed E-state index contributed by atoms with van der Waals surface area (Å²) in [6.07, 6.45) is 3.12. The predicted molar refractivity (Wildman–Crippen MR) is 35.8 cm³/mol. The van der Waals surface area contributed by atoms with Gasteiger partial charge in [0.1, 0.15) is 0 Å². The Labute approximate surface area is 57.6 Å². The lowest BCUT2D eigenvalue weighted by molar-refractivity contribution is 0.158. The molecule has 0 aromatic rings. The summed E-state index contributed by atoms with van der Waals surface area (Å²) in [5.74, 6) is 0. The monoisotopic (exact) mass is 129 g/mol. The fourth-order valence-electron chi connectivity index (χ4n) is 0.613. The van der Waals surface area contributed by atoms with E-state index in [9.17, 15) is 0 Å². The zero-order valence-corrected chi connectivity index (χ0v) is 5.76. The molecule has 0 aromatic carbocycles. The molecule has 0 amide bonds. The average Bonchev–Trinajstić information content (AvgIpc) is 1.99. The maximum atomic E-state index is 8.19. The van der Waals surface area contributed by atoms with E-state index in [2.05, 4.69) is 11.2 Å². The van der Waals surface area contributed by atoms with Gasteiger partial charge in [0.2, 0.25) is 1.43 Å². The van der Waals surface area contributed by atoms with Crippen LogP contribution in [-0.4, -0.2) is 12.6 Å². The van der Waals surface area contributed by atoms with E-state index in [0.29, 0.717) is 6.42 Å². The number of nitrogens with zero attached hydrogens (tertiary/aromatic N) is 1. The van der Waals surface area contributed by atoms with Crippen LogP contribution < -0.4 is 0 Å². The molecule has 1 N–H and O–H groups in total. The zero-order chi connectivity index (χ0) is 7.82. The molecule has 0 spiro atoms. The van der Waals surface area contributed by atoms with Crippen LogP contribution in [0, 0.1) is 11.3 Å². The number of rotatable bonds is 5. The molecule has 1 atom stereocenters. The highest BCUT2D eigenvalue weighted by Gasteiger charge is 1.97. The van der Waals surface area contributed by atoms with Crippen LogP contribution in [0.1, 0.15) is 32.6 Å². The molecule has 0 aliphatic rings. The SMILES string of the molecule is [3H]O[C@@H](CC)CCCC#N. The van der Waals surface area contributed by atoms with Crippen molar-refractivity contribution in [3.63, 3.8) is 0 Å². The molecule has 0 aliphatic carbocycles. The molecule has 2 nitrogen and oxygen atoms in total. The second-order valence-electron chi connectivity index (χ2n) is 2.08. The van der Waals surface area contributed by atoms with E-state index >= 15 is 0 Å². The third-order valence-corrected chi connectivity index (χ3v) is 1.27. The van der Waals surface area contributed by atoms with E-state index in [1.54, 1.807) is 0 Å². The predicted octanol–water partition coefficient (Wildman–Crippen LogP) is 1.45. The van der Waals surface area contributed by atoms with Crippen LogP contribution in [0.3, 0.4) is 0 Å². The molecule has 0 aliphatic heterocycles. The summed E-state index contributed by atoms with van der Waals surface area (Å²) in [5.41, 5.74) is 0. The number of hydrogen-bond donors (Lipinski definition) is 1. The van der Waals surface area contributed by atoms with Crippen molar-refractivity contribution < 1.29 is 5.11 Å². The minimum Gasteiger partial charge on any atom is -0.393 e. The smallest absolute Gasteiger partial charge is 0.210 e. The van der Waals surface area contributed by atoms with Crippen molar-refractivity contribution in [2.24, 2.45) is 0 Å². The Kier molecular flexibility index (Phi) is 4.08. The Balaban J connectivity index is 3.19. The van der Waals surface area contributed by atoms with Gasteiger partial charge in [-0.1, -0.05) is 6.92 Å². The van der Waals surface area contributed by atoms with E-state index in [1.807, 2.05) is 6.92 Å². The molecule has 0 unspecified atom stereocenters. The van der Waals surface area contributed by atoms with Crippen LogP contribution in [0.5, 0.6) is 0 Å².